The Labute approximate surface area is 200 Å². The van der Waals surface area contributed by atoms with E-state index in [2.05, 4.69) is 10.4 Å². The minimum absolute atomic E-state index is 0.0678. The third-order valence-corrected chi connectivity index (χ3v) is 7.27. The Bertz CT molecular complexity index is 1080. The van der Waals surface area contributed by atoms with Gasteiger partial charge in [0.2, 0.25) is 11.8 Å². The van der Waals surface area contributed by atoms with Crippen molar-refractivity contribution in [2.75, 3.05) is 19.6 Å². The summed E-state index contributed by atoms with van der Waals surface area (Å²) in [5.74, 6) is -0.113. The first kappa shape index (κ1) is 22.6. The number of carbonyl (C=O) groups is 3. The fourth-order valence-electron chi connectivity index (χ4n) is 5.10. The molecule has 2 fully saturated rings. The average Bonchev–Trinajstić information content (AvgIpc) is 3.63. The van der Waals surface area contributed by atoms with E-state index in [4.69, 9.17) is 0 Å². The Hall–Kier alpha value is -3.16. The number of nitrogens with zero attached hydrogens (tertiary/aromatic N) is 4. The molecule has 1 saturated carbocycles. The van der Waals surface area contributed by atoms with Crippen LogP contribution in [0, 0.1) is 5.92 Å². The number of benzene rings is 1. The Morgan fingerprint density at radius 1 is 1.06 bits per heavy atom. The van der Waals surface area contributed by atoms with Crippen molar-refractivity contribution in [3.63, 3.8) is 0 Å². The summed E-state index contributed by atoms with van der Waals surface area (Å²) < 4.78 is 1.79. The van der Waals surface area contributed by atoms with Crippen LogP contribution in [0.4, 0.5) is 0 Å². The number of amides is 3. The normalized spacial score (nSPS) is 20.1. The standard InChI is InChI=1S/C26H33N5O3/c1-29-22-13-15-30(23(32)12-9-18-6-3-2-4-7-18)17-21(22)24(28-29)26(34)31-14-5-8-19(16-31)25(33)27-20-10-11-20/h2-4,6-7,19-20H,5,8-17H2,1H3,(H,27,33)/t19-/m0/s1. The zero-order valence-corrected chi connectivity index (χ0v) is 19.8. The van der Waals surface area contributed by atoms with E-state index in [0.717, 1.165) is 42.5 Å². The molecule has 3 aliphatic rings. The average molecular weight is 464 g/mol. The van der Waals surface area contributed by atoms with Crippen molar-refractivity contribution in [2.45, 2.75) is 57.5 Å². The molecule has 34 heavy (non-hydrogen) atoms. The van der Waals surface area contributed by atoms with E-state index < -0.39 is 0 Å². The molecule has 8 heteroatoms. The molecular weight excluding hydrogens is 430 g/mol. The van der Waals surface area contributed by atoms with Crippen molar-refractivity contribution in [1.29, 1.82) is 0 Å². The van der Waals surface area contributed by atoms with Crippen molar-refractivity contribution in [3.05, 3.63) is 52.8 Å². The van der Waals surface area contributed by atoms with Gasteiger partial charge in [0.15, 0.2) is 5.69 Å². The maximum Gasteiger partial charge on any atom is 0.274 e. The predicted molar refractivity (Wildman–Crippen MR) is 127 cm³/mol. The lowest BCUT2D eigenvalue weighted by molar-refractivity contribution is -0.132. The molecule has 0 spiro atoms. The fourth-order valence-corrected chi connectivity index (χ4v) is 5.10. The topological polar surface area (TPSA) is 87.5 Å². The smallest absolute Gasteiger partial charge is 0.274 e. The number of hydrogen-bond donors (Lipinski definition) is 1. The number of likely N-dealkylation sites (tertiary alicyclic amines) is 1. The van der Waals surface area contributed by atoms with Gasteiger partial charge in [-0.05, 0) is 37.7 Å². The number of rotatable bonds is 6. The van der Waals surface area contributed by atoms with E-state index in [0.29, 0.717) is 57.2 Å². The molecule has 1 aromatic carbocycles. The zero-order chi connectivity index (χ0) is 23.7. The monoisotopic (exact) mass is 463 g/mol. The molecule has 8 nitrogen and oxygen atoms in total. The van der Waals surface area contributed by atoms with E-state index in [1.54, 1.807) is 9.58 Å². The molecule has 1 N–H and O–H groups in total. The van der Waals surface area contributed by atoms with Gasteiger partial charge in [-0.1, -0.05) is 30.3 Å². The lowest BCUT2D eigenvalue weighted by Crippen LogP contribution is -2.46. The minimum atomic E-state index is -0.158. The van der Waals surface area contributed by atoms with Crippen LogP contribution in [-0.2, 0) is 36.0 Å². The van der Waals surface area contributed by atoms with E-state index in [1.807, 2.05) is 42.3 Å². The molecule has 2 aromatic rings. The SMILES string of the molecule is Cn1nc(C(=O)N2CCC[C@H](C(=O)NC3CC3)C2)c2c1CCN(C(=O)CCc1ccccc1)C2. The quantitative estimate of drug-likeness (QED) is 0.711. The molecule has 2 aliphatic heterocycles. The number of hydrogen-bond acceptors (Lipinski definition) is 4. The molecule has 1 aliphatic carbocycles. The summed E-state index contributed by atoms with van der Waals surface area (Å²) in [7, 11) is 1.87. The number of piperidine rings is 1. The number of carbonyl (C=O) groups excluding carboxylic acids is 3. The number of aromatic nitrogens is 2. The van der Waals surface area contributed by atoms with Crippen LogP contribution in [0.25, 0.3) is 0 Å². The molecule has 5 rings (SSSR count). The van der Waals surface area contributed by atoms with E-state index in [1.165, 1.54) is 0 Å². The highest BCUT2D eigenvalue weighted by Crippen LogP contribution is 2.27. The summed E-state index contributed by atoms with van der Waals surface area (Å²) in [5.41, 5.74) is 3.46. The van der Waals surface area contributed by atoms with Crippen LogP contribution in [0.3, 0.4) is 0 Å². The van der Waals surface area contributed by atoms with Gasteiger partial charge in [-0.15, -0.1) is 0 Å². The Balaban J connectivity index is 1.25. The highest BCUT2D eigenvalue weighted by Gasteiger charge is 2.35. The Morgan fingerprint density at radius 3 is 2.62 bits per heavy atom. The molecule has 180 valence electrons. The van der Waals surface area contributed by atoms with Gasteiger partial charge in [0.1, 0.15) is 0 Å². The van der Waals surface area contributed by atoms with Crippen molar-refractivity contribution < 1.29 is 14.4 Å². The van der Waals surface area contributed by atoms with Gasteiger partial charge in [0, 0.05) is 63.4 Å². The minimum Gasteiger partial charge on any atom is -0.353 e. The molecule has 0 bridgehead atoms. The summed E-state index contributed by atoms with van der Waals surface area (Å²) >= 11 is 0. The van der Waals surface area contributed by atoms with E-state index >= 15 is 0 Å². The largest absolute Gasteiger partial charge is 0.353 e. The van der Waals surface area contributed by atoms with Gasteiger partial charge in [0.05, 0.1) is 5.92 Å². The van der Waals surface area contributed by atoms with Crippen molar-refractivity contribution in [3.8, 4) is 0 Å². The van der Waals surface area contributed by atoms with Crippen LogP contribution in [0.5, 0.6) is 0 Å². The van der Waals surface area contributed by atoms with Crippen LogP contribution >= 0.6 is 0 Å². The van der Waals surface area contributed by atoms with Gasteiger partial charge < -0.3 is 15.1 Å². The molecule has 3 amide bonds. The highest BCUT2D eigenvalue weighted by atomic mass is 16.2. The summed E-state index contributed by atoms with van der Waals surface area (Å²) in [6.07, 6.45) is 5.59. The van der Waals surface area contributed by atoms with Crippen molar-refractivity contribution in [2.24, 2.45) is 13.0 Å². The van der Waals surface area contributed by atoms with Crippen LogP contribution < -0.4 is 5.32 Å². The Morgan fingerprint density at radius 2 is 1.85 bits per heavy atom. The van der Waals surface area contributed by atoms with Gasteiger partial charge in [-0.3, -0.25) is 19.1 Å². The van der Waals surface area contributed by atoms with Crippen molar-refractivity contribution >= 4 is 17.7 Å². The van der Waals surface area contributed by atoms with Gasteiger partial charge in [-0.25, -0.2) is 0 Å². The third kappa shape index (κ3) is 4.86. The van der Waals surface area contributed by atoms with Crippen LogP contribution in [0.15, 0.2) is 30.3 Å². The number of fused-ring (bicyclic) bond motifs is 1. The second-order valence-electron chi connectivity index (χ2n) is 9.82. The Kier molecular flexibility index (Phi) is 6.39. The summed E-state index contributed by atoms with van der Waals surface area (Å²) in [6, 6.07) is 10.4. The zero-order valence-electron chi connectivity index (χ0n) is 19.8. The van der Waals surface area contributed by atoms with E-state index in [9.17, 15) is 14.4 Å². The predicted octanol–water partition coefficient (Wildman–Crippen LogP) is 2.07. The highest BCUT2D eigenvalue weighted by molar-refractivity contribution is 5.95. The molecular formula is C26H33N5O3. The maximum absolute atomic E-state index is 13.5. The molecule has 0 unspecified atom stereocenters. The van der Waals surface area contributed by atoms with Gasteiger partial charge in [-0.2, -0.15) is 5.10 Å². The molecule has 3 heterocycles. The lowest BCUT2D eigenvalue weighted by atomic mass is 9.96. The third-order valence-electron chi connectivity index (χ3n) is 7.27. The molecule has 1 saturated heterocycles. The van der Waals surface area contributed by atoms with Crippen LogP contribution in [-0.4, -0.2) is 63.0 Å². The van der Waals surface area contributed by atoms with Gasteiger partial charge in [0.25, 0.3) is 5.91 Å². The van der Waals surface area contributed by atoms with Crippen molar-refractivity contribution in [1.82, 2.24) is 24.9 Å². The first-order valence-electron chi connectivity index (χ1n) is 12.5. The van der Waals surface area contributed by atoms with Gasteiger partial charge >= 0.3 is 0 Å². The van der Waals surface area contributed by atoms with Crippen LogP contribution in [0.2, 0.25) is 0 Å². The van der Waals surface area contributed by atoms with E-state index in [-0.39, 0.29) is 23.6 Å². The first-order chi connectivity index (χ1) is 16.5. The molecule has 1 atom stereocenters. The second-order valence-corrected chi connectivity index (χ2v) is 9.82. The second kappa shape index (κ2) is 9.60. The molecule has 0 radical (unpaired) electrons. The lowest BCUT2D eigenvalue weighted by Gasteiger charge is -2.32. The fraction of sp³-hybridized carbons (Fsp3) is 0.538. The first-order valence-corrected chi connectivity index (χ1v) is 12.5. The summed E-state index contributed by atoms with van der Waals surface area (Å²) in [4.78, 5) is 42.6. The maximum atomic E-state index is 13.5. The van der Waals surface area contributed by atoms with Crippen LogP contribution in [0.1, 0.15) is 59.4 Å². The number of aryl methyl sites for hydroxylation is 2. The number of nitrogens with one attached hydrogen (secondary N) is 1. The summed E-state index contributed by atoms with van der Waals surface area (Å²) in [6.45, 7) is 2.12. The summed E-state index contributed by atoms with van der Waals surface area (Å²) in [5, 5.41) is 7.65. The molecule has 1 aromatic heterocycles.